The number of benzene rings is 3. The van der Waals surface area contributed by atoms with E-state index < -0.39 is 11.7 Å². The van der Waals surface area contributed by atoms with E-state index in [4.69, 9.17) is 33.2 Å². The summed E-state index contributed by atoms with van der Waals surface area (Å²) in [6.07, 6.45) is 15.4. The second kappa shape index (κ2) is 24.3. The number of urea groups is 1. The Balaban J connectivity index is 0.000000220. The SMILES string of the molecule is Cc1nccn1CC1=Cc2cc(Cl)ccc2C(C2CCN(C(=O)Nc3ccc(C(F)(F)F)cc3)CC2)c2ncccc21.Cc1nccn1CC1=Cc2cc(Cl)ccc2C(C2CCNCC2)c2ncccc21.Cl.Cl.Cl. The molecule has 4 aliphatic rings. The van der Waals surface area contributed by atoms with Crippen molar-refractivity contribution in [1.82, 2.24) is 39.3 Å². The van der Waals surface area contributed by atoms with Gasteiger partial charge in [0.2, 0.25) is 0 Å². The van der Waals surface area contributed by atoms with Crippen molar-refractivity contribution in [3.63, 3.8) is 0 Å². The first-order valence-electron chi connectivity index (χ1n) is 24.2. The number of carbonyl (C=O) groups excluding carboxylic acids is 1. The van der Waals surface area contributed by atoms with Gasteiger partial charge in [0.05, 0.1) is 17.0 Å². The minimum atomic E-state index is -4.42. The third kappa shape index (κ3) is 12.2. The molecular formula is C56H57Cl5F3N9O. The molecule has 0 radical (unpaired) electrons. The summed E-state index contributed by atoms with van der Waals surface area (Å²) in [6.45, 7) is 8.63. The summed E-state index contributed by atoms with van der Waals surface area (Å²) < 4.78 is 43.0. The van der Waals surface area contributed by atoms with Gasteiger partial charge in [0.1, 0.15) is 11.6 Å². The molecule has 6 heterocycles. The second-order valence-corrected chi connectivity index (χ2v) is 19.7. The van der Waals surface area contributed by atoms with Crippen molar-refractivity contribution in [2.75, 3.05) is 31.5 Å². The Morgan fingerprint density at radius 1 is 0.649 bits per heavy atom. The van der Waals surface area contributed by atoms with Crippen LogP contribution in [0.4, 0.5) is 23.7 Å². The summed E-state index contributed by atoms with van der Waals surface area (Å²) in [7, 11) is 0. The maximum absolute atomic E-state index is 13.0. The Labute approximate surface area is 458 Å². The van der Waals surface area contributed by atoms with Gasteiger partial charge >= 0.3 is 12.2 Å². The molecule has 2 atom stereocenters. The molecule has 0 saturated carbocycles. The van der Waals surface area contributed by atoms with Crippen LogP contribution in [0, 0.1) is 25.7 Å². The van der Waals surface area contributed by atoms with E-state index in [0.717, 1.165) is 89.2 Å². The number of aromatic nitrogens is 6. The number of rotatable bonds is 7. The minimum Gasteiger partial charge on any atom is -0.331 e. The number of allylic oxidation sites excluding steroid dienone is 2. The summed E-state index contributed by atoms with van der Waals surface area (Å²) in [4.78, 5) is 33.4. The number of nitrogens with zero attached hydrogens (tertiary/aromatic N) is 7. The molecule has 2 amide bonds. The molecule has 11 rings (SSSR count). The molecule has 2 saturated heterocycles. The molecule has 2 aliphatic carbocycles. The number of pyridine rings is 2. The van der Waals surface area contributed by atoms with Crippen molar-refractivity contribution >= 4 is 95.4 Å². The molecule has 2 unspecified atom stereocenters. The standard InChI is InChI=1S/C32H29ClF3N5O.C24H25ClN4.3ClH/c1-20-37-13-16-41(20)19-23-17-22-18-25(33)6-9-27(22)29(30-28(23)3-2-12-38-30)21-10-14-40(15-11-21)31(42)39-26-7-4-24(5-8-26)32(34,35)36;1-16-27-11-12-29(16)15-19-13-18-14-20(25)4-5-21(18)23(17-6-9-26-10-7-17)24-22(19)3-2-8-28-24;;;/h2-9,12-13,16-18,21,29H,10-11,14-15,19H2,1H3,(H,39,42);2-5,8,11-14,17,23,26H,6-7,9-10,15H2,1H3;3*1H. The number of hydrogen-bond donors (Lipinski definition) is 2. The Hall–Kier alpha value is -5.67. The summed E-state index contributed by atoms with van der Waals surface area (Å²) >= 11 is 12.9. The quantitative estimate of drug-likeness (QED) is 0.165. The Bertz CT molecular complexity index is 3120. The maximum Gasteiger partial charge on any atom is 0.416 e. The average molecular weight is 1110 g/mol. The van der Waals surface area contributed by atoms with Crippen LogP contribution in [-0.4, -0.2) is 66.2 Å². The maximum atomic E-state index is 13.0. The highest BCUT2D eigenvalue weighted by Gasteiger charge is 2.37. The van der Waals surface area contributed by atoms with E-state index in [0.29, 0.717) is 42.2 Å². The lowest BCUT2D eigenvalue weighted by atomic mass is 9.76. The molecule has 4 aromatic heterocycles. The number of hydrogen-bond acceptors (Lipinski definition) is 6. The fourth-order valence-electron chi connectivity index (χ4n) is 10.9. The number of alkyl halides is 3. The number of aryl methyl sites for hydroxylation is 2. The first-order valence-corrected chi connectivity index (χ1v) is 24.9. The van der Waals surface area contributed by atoms with Gasteiger partial charge in [-0.15, -0.1) is 37.2 Å². The number of carbonyl (C=O) groups is 1. The normalized spacial score (nSPS) is 17.3. The summed E-state index contributed by atoms with van der Waals surface area (Å²) in [6, 6.07) is 24.9. The predicted molar refractivity (Wildman–Crippen MR) is 297 cm³/mol. The monoisotopic (exact) mass is 1100 g/mol. The summed E-state index contributed by atoms with van der Waals surface area (Å²) in [5.41, 5.74) is 11.3. The Kier molecular flexibility index (Phi) is 18.4. The van der Waals surface area contributed by atoms with Crippen LogP contribution >= 0.6 is 60.4 Å². The first kappa shape index (κ1) is 56.1. The van der Waals surface area contributed by atoms with Crippen molar-refractivity contribution in [2.45, 2.75) is 70.6 Å². The fourth-order valence-corrected chi connectivity index (χ4v) is 11.3. The summed E-state index contributed by atoms with van der Waals surface area (Å²) in [5, 5.41) is 7.69. The second-order valence-electron chi connectivity index (χ2n) is 18.8. The van der Waals surface area contributed by atoms with E-state index in [1.807, 2.05) is 69.1 Å². The molecule has 388 valence electrons. The molecule has 0 spiro atoms. The molecule has 74 heavy (non-hydrogen) atoms. The zero-order valence-corrected chi connectivity index (χ0v) is 44.7. The molecule has 2 N–H and O–H groups in total. The predicted octanol–water partition coefficient (Wildman–Crippen LogP) is 14.1. The van der Waals surface area contributed by atoms with E-state index in [2.05, 4.69) is 78.3 Å². The Morgan fingerprint density at radius 3 is 1.57 bits per heavy atom. The van der Waals surface area contributed by atoms with Gasteiger partial charge < -0.3 is 24.7 Å². The van der Waals surface area contributed by atoms with Crippen LogP contribution in [0.15, 0.2) is 122 Å². The fraction of sp³-hybridized carbons (Fsp3) is 0.304. The topological polar surface area (TPSA) is 106 Å². The highest BCUT2D eigenvalue weighted by Crippen LogP contribution is 2.47. The van der Waals surface area contributed by atoms with Gasteiger partial charge in [-0.05, 0) is 171 Å². The van der Waals surface area contributed by atoms with E-state index in [9.17, 15) is 18.0 Å². The number of halogens is 8. The van der Waals surface area contributed by atoms with Crippen molar-refractivity contribution in [3.8, 4) is 0 Å². The van der Waals surface area contributed by atoms with Crippen LogP contribution in [0.2, 0.25) is 10.0 Å². The van der Waals surface area contributed by atoms with Crippen molar-refractivity contribution in [3.05, 3.63) is 194 Å². The van der Waals surface area contributed by atoms with Crippen LogP contribution in [0.1, 0.15) is 99.5 Å². The Morgan fingerprint density at radius 2 is 1.12 bits per heavy atom. The molecule has 2 aliphatic heterocycles. The highest BCUT2D eigenvalue weighted by molar-refractivity contribution is 6.31. The molecule has 10 nitrogen and oxygen atoms in total. The number of piperidine rings is 2. The summed E-state index contributed by atoms with van der Waals surface area (Å²) in [5.74, 6) is 3.03. The van der Waals surface area contributed by atoms with Gasteiger partial charge in [0.15, 0.2) is 0 Å². The van der Waals surface area contributed by atoms with Crippen LogP contribution in [0.25, 0.3) is 23.3 Å². The van der Waals surface area contributed by atoms with Crippen LogP contribution in [0.5, 0.6) is 0 Å². The largest absolute Gasteiger partial charge is 0.416 e. The molecule has 18 heteroatoms. The minimum absolute atomic E-state index is 0. The van der Waals surface area contributed by atoms with Gasteiger partial charge in [-0.3, -0.25) is 9.97 Å². The lowest BCUT2D eigenvalue weighted by Crippen LogP contribution is -2.42. The van der Waals surface area contributed by atoms with Gasteiger partial charge in [0, 0.05) is 102 Å². The number of anilines is 1. The van der Waals surface area contributed by atoms with Gasteiger partial charge in [-0.2, -0.15) is 13.2 Å². The molecule has 2 fully saturated rings. The van der Waals surface area contributed by atoms with E-state index in [1.54, 1.807) is 11.1 Å². The number of fused-ring (bicyclic) bond motifs is 4. The number of likely N-dealkylation sites (tertiary alicyclic amines) is 1. The number of imidazole rings is 2. The van der Waals surface area contributed by atoms with Crippen LogP contribution in [0.3, 0.4) is 0 Å². The molecule has 7 aromatic rings. The van der Waals surface area contributed by atoms with Crippen LogP contribution < -0.4 is 10.6 Å². The van der Waals surface area contributed by atoms with Crippen molar-refractivity contribution in [1.29, 1.82) is 0 Å². The van der Waals surface area contributed by atoms with Crippen LogP contribution in [-0.2, 0) is 19.3 Å². The van der Waals surface area contributed by atoms with E-state index in [1.165, 1.54) is 52.9 Å². The molecular weight excluding hydrogens is 1050 g/mol. The van der Waals surface area contributed by atoms with Crippen molar-refractivity contribution < 1.29 is 18.0 Å². The van der Waals surface area contributed by atoms with E-state index in [-0.39, 0.29) is 55.1 Å². The van der Waals surface area contributed by atoms with E-state index >= 15 is 0 Å². The zero-order chi connectivity index (χ0) is 49.2. The number of amides is 2. The smallest absolute Gasteiger partial charge is 0.331 e. The lowest BCUT2D eigenvalue weighted by Gasteiger charge is -2.36. The van der Waals surface area contributed by atoms with Gasteiger partial charge in [-0.25, -0.2) is 14.8 Å². The highest BCUT2D eigenvalue weighted by atomic mass is 35.5. The first-order chi connectivity index (χ1) is 34.4. The molecule has 0 bridgehead atoms. The third-order valence-electron chi connectivity index (χ3n) is 14.5. The van der Waals surface area contributed by atoms with Gasteiger partial charge in [-0.1, -0.05) is 47.5 Å². The third-order valence-corrected chi connectivity index (χ3v) is 15.0. The zero-order valence-electron chi connectivity index (χ0n) is 40.7. The lowest BCUT2D eigenvalue weighted by molar-refractivity contribution is -0.137. The van der Waals surface area contributed by atoms with Gasteiger partial charge in [0.25, 0.3) is 0 Å². The number of nitrogens with one attached hydrogen (secondary N) is 2. The molecule has 3 aromatic carbocycles. The average Bonchev–Trinajstić information content (AvgIpc) is 3.91. The van der Waals surface area contributed by atoms with Crippen molar-refractivity contribution in [2.24, 2.45) is 11.8 Å².